The molecule has 1 fully saturated rings. The Balaban J connectivity index is 1.29. The molecule has 2 aliphatic heterocycles. The minimum atomic E-state index is -0.0828. The number of pyridine rings is 1. The molecule has 178 valence electrons. The molecule has 0 radical (unpaired) electrons. The predicted molar refractivity (Wildman–Crippen MR) is 144 cm³/mol. The van der Waals surface area contributed by atoms with Crippen LogP contribution in [0.15, 0.2) is 84.5 Å². The minimum Gasteiger partial charge on any atom is -0.378 e. The van der Waals surface area contributed by atoms with Gasteiger partial charge in [0, 0.05) is 67.3 Å². The first-order valence-electron chi connectivity index (χ1n) is 11.5. The summed E-state index contributed by atoms with van der Waals surface area (Å²) in [5.41, 5.74) is 3.85. The van der Waals surface area contributed by atoms with Gasteiger partial charge < -0.3 is 19.9 Å². The summed E-state index contributed by atoms with van der Waals surface area (Å²) in [4.78, 5) is 27.1. The second-order valence-corrected chi connectivity index (χ2v) is 11.5. The van der Waals surface area contributed by atoms with Gasteiger partial charge in [0.2, 0.25) is 5.56 Å². The molecule has 4 aromatic rings. The molecule has 2 aromatic heterocycles. The van der Waals surface area contributed by atoms with E-state index >= 15 is 0 Å². The van der Waals surface area contributed by atoms with Crippen molar-refractivity contribution in [2.24, 2.45) is 0 Å². The van der Waals surface area contributed by atoms with Gasteiger partial charge >= 0.3 is 0 Å². The first-order chi connectivity index (χ1) is 17.1. The Kier molecular flexibility index (Phi) is 6.32. The molecule has 1 saturated heterocycles. The van der Waals surface area contributed by atoms with Gasteiger partial charge in [0.05, 0.1) is 24.9 Å². The quantitative estimate of drug-likeness (QED) is 0.289. The lowest BCUT2D eigenvalue weighted by Crippen LogP contribution is -2.36. The number of thiazole rings is 1. The molecular weight excluding hydrogens is 497 g/mol. The van der Waals surface area contributed by atoms with E-state index in [-0.39, 0.29) is 11.6 Å². The number of H-pyrrole nitrogens is 1. The van der Waals surface area contributed by atoms with Gasteiger partial charge in [0.25, 0.3) is 0 Å². The molecule has 4 heterocycles. The zero-order valence-electron chi connectivity index (χ0n) is 19.1. The zero-order chi connectivity index (χ0) is 23.8. The van der Waals surface area contributed by atoms with Crippen LogP contribution in [0.2, 0.25) is 0 Å². The number of rotatable bonds is 5. The third-order valence-electron chi connectivity index (χ3n) is 6.06. The number of benzene rings is 2. The second kappa shape index (κ2) is 9.73. The van der Waals surface area contributed by atoms with Crippen molar-refractivity contribution >= 4 is 46.2 Å². The molecular formula is C26H24N4O2S3. The fourth-order valence-electron chi connectivity index (χ4n) is 4.34. The number of nitrogens with one attached hydrogen (secondary N) is 2. The van der Waals surface area contributed by atoms with Crippen LogP contribution in [0.1, 0.15) is 18.0 Å². The van der Waals surface area contributed by atoms with Crippen molar-refractivity contribution < 1.29 is 4.74 Å². The Hall–Kier alpha value is -2.72. The number of hydrogen-bond donors (Lipinski definition) is 2. The van der Waals surface area contributed by atoms with E-state index in [9.17, 15) is 4.79 Å². The standard InChI is InChI=1S/C26H24N4O2S3/c1-16(26-27-7-12-33-26)28-17-5-6-21-23(13-17)34-22-4-2-3-19(25(22)35-21)20-14-18(15-24(31)29-20)30-8-10-32-11-9-30/h2-7,12-16,28H,8-11H2,1H3,(H,29,31). The van der Waals surface area contributed by atoms with E-state index < -0.39 is 0 Å². The van der Waals surface area contributed by atoms with Crippen LogP contribution in [0.4, 0.5) is 11.4 Å². The van der Waals surface area contributed by atoms with Gasteiger partial charge in [0.1, 0.15) is 5.01 Å². The number of aromatic amines is 1. The highest BCUT2D eigenvalue weighted by molar-refractivity contribution is 8.05. The van der Waals surface area contributed by atoms with Crippen LogP contribution in [0.3, 0.4) is 0 Å². The highest BCUT2D eigenvalue weighted by Crippen LogP contribution is 2.52. The van der Waals surface area contributed by atoms with Gasteiger partial charge in [-0.25, -0.2) is 4.98 Å². The summed E-state index contributed by atoms with van der Waals surface area (Å²) in [5, 5.41) is 6.65. The topological polar surface area (TPSA) is 70.2 Å². The molecule has 0 bridgehead atoms. The first-order valence-corrected chi connectivity index (χ1v) is 14.0. The molecule has 0 aliphatic carbocycles. The Labute approximate surface area is 216 Å². The number of morpholine rings is 1. The summed E-state index contributed by atoms with van der Waals surface area (Å²) in [6.45, 7) is 5.10. The number of anilines is 2. The monoisotopic (exact) mass is 520 g/mol. The molecule has 0 saturated carbocycles. The van der Waals surface area contributed by atoms with E-state index in [1.54, 1.807) is 40.9 Å². The highest BCUT2D eigenvalue weighted by Gasteiger charge is 2.22. The lowest BCUT2D eigenvalue weighted by atomic mass is 10.1. The SMILES string of the molecule is CC(Nc1ccc2c(c1)Sc1cccc(-c3cc(N4CCOCC4)cc(=O)[nH]3)c1S2)c1nccs1. The van der Waals surface area contributed by atoms with E-state index in [1.165, 1.54) is 19.6 Å². The van der Waals surface area contributed by atoms with E-state index in [1.807, 2.05) is 11.6 Å². The smallest absolute Gasteiger partial charge is 0.250 e. The number of fused-ring (bicyclic) bond motifs is 2. The van der Waals surface area contributed by atoms with Crippen molar-refractivity contribution in [2.75, 3.05) is 36.5 Å². The third kappa shape index (κ3) is 4.73. The largest absolute Gasteiger partial charge is 0.378 e. The van der Waals surface area contributed by atoms with Crippen molar-refractivity contribution in [1.29, 1.82) is 0 Å². The molecule has 0 amide bonds. The Morgan fingerprint density at radius 3 is 2.77 bits per heavy atom. The number of aromatic nitrogens is 2. The molecule has 2 aliphatic rings. The number of ether oxygens (including phenoxy) is 1. The van der Waals surface area contributed by atoms with E-state index in [4.69, 9.17) is 4.74 Å². The Bertz CT molecular complexity index is 1410. The van der Waals surface area contributed by atoms with Crippen LogP contribution in [0.5, 0.6) is 0 Å². The van der Waals surface area contributed by atoms with Crippen LogP contribution in [0, 0.1) is 0 Å². The summed E-state index contributed by atoms with van der Waals surface area (Å²) in [7, 11) is 0. The molecule has 6 rings (SSSR count). The van der Waals surface area contributed by atoms with Crippen LogP contribution < -0.4 is 15.8 Å². The van der Waals surface area contributed by atoms with Crippen LogP contribution in [-0.2, 0) is 4.74 Å². The van der Waals surface area contributed by atoms with Crippen molar-refractivity contribution in [2.45, 2.75) is 32.5 Å². The van der Waals surface area contributed by atoms with Gasteiger partial charge in [-0.05, 0) is 37.3 Å². The van der Waals surface area contributed by atoms with Gasteiger partial charge in [0.15, 0.2) is 0 Å². The van der Waals surface area contributed by atoms with Gasteiger partial charge in [-0.2, -0.15) is 0 Å². The molecule has 1 atom stereocenters. The maximum Gasteiger partial charge on any atom is 0.250 e. The molecule has 2 N–H and O–H groups in total. The summed E-state index contributed by atoms with van der Waals surface area (Å²) >= 11 is 5.20. The molecule has 6 nitrogen and oxygen atoms in total. The summed E-state index contributed by atoms with van der Waals surface area (Å²) in [6, 6.07) is 16.8. The number of nitrogens with zero attached hydrogens (tertiary/aromatic N) is 2. The molecule has 0 spiro atoms. The molecule has 2 aromatic carbocycles. The molecule has 9 heteroatoms. The molecule has 1 unspecified atom stereocenters. The molecule has 35 heavy (non-hydrogen) atoms. The summed E-state index contributed by atoms with van der Waals surface area (Å²) in [6.07, 6.45) is 1.84. The lowest BCUT2D eigenvalue weighted by Gasteiger charge is -2.29. The minimum absolute atomic E-state index is 0.0828. The fraction of sp³-hybridized carbons (Fsp3) is 0.231. The lowest BCUT2D eigenvalue weighted by molar-refractivity contribution is 0.122. The van der Waals surface area contributed by atoms with E-state index in [0.29, 0.717) is 13.2 Å². The predicted octanol–water partition coefficient (Wildman–Crippen LogP) is 6.12. The van der Waals surface area contributed by atoms with Gasteiger partial charge in [-0.1, -0.05) is 35.7 Å². The zero-order valence-corrected chi connectivity index (χ0v) is 21.6. The maximum atomic E-state index is 12.6. The van der Waals surface area contributed by atoms with Crippen LogP contribution >= 0.6 is 34.9 Å². The van der Waals surface area contributed by atoms with Crippen molar-refractivity contribution in [3.63, 3.8) is 0 Å². The Morgan fingerprint density at radius 1 is 1.06 bits per heavy atom. The van der Waals surface area contributed by atoms with E-state index in [0.717, 1.165) is 40.7 Å². The van der Waals surface area contributed by atoms with Crippen molar-refractivity contribution in [3.8, 4) is 11.3 Å². The van der Waals surface area contributed by atoms with Crippen molar-refractivity contribution in [3.05, 3.63) is 75.5 Å². The Morgan fingerprint density at radius 2 is 1.94 bits per heavy atom. The van der Waals surface area contributed by atoms with Gasteiger partial charge in [-0.3, -0.25) is 4.79 Å². The number of hydrogen-bond acceptors (Lipinski definition) is 8. The average Bonchev–Trinajstić information content (AvgIpc) is 3.43. The maximum absolute atomic E-state index is 12.6. The third-order valence-corrected chi connectivity index (χ3v) is 9.61. The fourth-order valence-corrected chi connectivity index (χ4v) is 7.40. The van der Waals surface area contributed by atoms with Crippen LogP contribution in [0.25, 0.3) is 11.3 Å². The first kappa shape index (κ1) is 22.7. The summed E-state index contributed by atoms with van der Waals surface area (Å²) in [5.74, 6) is 0. The highest BCUT2D eigenvalue weighted by atomic mass is 32.2. The van der Waals surface area contributed by atoms with Crippen LogP contribution in [-0.4, -0.2) is 36.3 Å². The normalized spacial score (nSPS) is 15.9. The average molecular weight is 521 g/mol. The van der Waals surface area contributed by atoms with Crippen molar-refractivity contribution in [1.82, 2.24) is 9.97 Å². The van der Waals surface area contributed by atoms with Gasteiger partial charge in [-0.15, -0.1) is 11.3 Å². The van der Waals surface area contributed by atoms with E-state index in [2.05, 4.69) is 69.6 Å². The summed E-state index contributed by atoms with van der Waals surface area (Å²) < 4.78 is 5.48. The second-order valence-electron chi connectivity index (χ2n) is 8.45.